The lowest BCUT2D eigenvalue weighted by Gasteiger charge is -2.40. The van der Waals surface area contributed by atoms with E-state index in [0.717, 1.165) is 29.9 Å². The maximum absolute atomic E-state index is 11.4. The molecule has 3 aromatic carbocycles. The molecule has 8 N–H and O–H groups in total. The Bertz CT molecular complexity index is 1710. The molecule has 2 fully saturated rings. The van der Waals surface area contributed by atoms with Crippen LogP contribution in [0.2, 0.25) is 0 Å². The third-order valence-electron chi connectivity index (χ3n) is 10.3. The molecule has 10 atom stereocenters. The van der Waals surface area contributed by atoms with Crippen LogP contribution in [0.5, 0.6) is 5.75 Å². The number of aromatic nitrogens is 2. The van der Waals surface area contributed by atoms with E-state index < -0.39 is 61.4 Å². The average Bonchev–Trinajstić information content (AvgIpc) is 3.53. The van der Waals surface area contributed by atoms with Gasteiger partial charge in [-0.15, -0.1) is 0 Å². The fourth-order valence-electron chi connectivity index (χ4n) is 7.41. The van der Waals surface area contributed by atoms with Crippen molar-refractivity contribution in [3.63, 3.8) is 0 Å². The molecule has 2 unspecified atom stereocenters. The summed E-state index contributed by atoms with van der Waals surface area (Å²) in [6, 6.07) is 24.0. The molecule has 0 saturated carbocycles. The predicted octanol–water partition coefficient (Wildman–Crippen LogP) is 0.502. The van der Waals surface area contributed by atoms with E-state index in [1.165, 1.54) is 0 Å². The third-order valence-corrected chi connectivity index (χ3v) is 10.3. The number of rotatable bonds is 17. The molecule has 0 aliphatic carbocycles. The number of nitrogens with two attached hydrogens (primary N) is 1. The first-order valence-corrected chi connectivity index (χ1v) is 19.0. The smallest absolute Gasteiger partial charge is 0.271 e. The molecule has 6 rings (SSSR count). The maximum Gasteiger partial charge on any atom is 0.271 e. The van der Waals surface area contributed by atoms with Crippen molar-refractivity contribution in [2.24, 2.45) is 5.73 Å². The van der Waals surface area contributed by atoms with Gasteiger partial charge in [0.2, 0.25) is 0 Å². The lowest BCUT2D eigenvalue weighted by Crippen LogP contribution is -2.56. The highest BCUT2D eigenvalue weighted by Gasteiger charge is 2.42. The van der Waals surface area contributed by atoms with Crippen molar-refractivity contribution in [3.05, 3.63) is 95.8 Å². The van der Waals surface area contributed by atoms with Crippen molar-refractivity contribution >= 4 is 11.0 Å². The van der Waals surface area contributed by atoms with Gasteiger partial charge in [-0.2, -0.15) is 0 Å². The summed E-state index contributed by atoms with van der Waals surface area (Å²) in [6.07, 6.45) is -12.6. The molecule has 0 bridgehead atoms. The van der Waals surface area contributed by atoms with Gasteiger partial charge in [-0.3, -0.25) is 4.90 Å². The van der Waals surface area contributed by atoms with Crippen molar-refractivity contribution in [3.8, 4) is 5.75 Å². The molecule has 300 valence electrons. The van der Waals surface area contributed by atoms with E-state index in [1.54, 1.807) is 29.2 Å². The van der Waals surface area contributed by atoms with Crippen LogP contribution < -0.4 is 15.0 Å². The van der Waals surface area contributed by atoms with Gasteiger partial charge in [0.15, 0.2) is 23.6 Å². The number of ether oxygens (including phenoxy) is 5. The number of benzene rings is 3. The Hall–Kier alpha value is -3.55. The lowest BCUT2D eigenvalue weighted by atomic mass is 9.99. The molecule has 15 heteroatoms. The van der Waals surface area contributed by atoms with Crippen LogP contribution in [-0.2, 0) is 38.6 Å². The van der Waals surface area contributed by atoms with Crippen LogP contribution in [0.3, 0.4) is 0 Å². The Labute approximate surface area is 320 Å². The Morgan fingerprint density at radius 2 is 1.33 bits per heavy atom. The molecule has 2 aliphatic rings. The minimum atomic E-state index is -1.55. The van der Waals surface area contributed by atoms with Gasteiger partial charge in [-0.25, -0.2) is 9.13 Å². The van der Waals surface area contributed by atoms with Crippen molar-refractivity contribution in [1.82, 2.24) is 9.47 Å². The highest BCUT2D eigenvalue weighted by molar-refractivity contribution is 5.74. The second-order valence-corrected chi connectivity index (χ2v) is 14.0. The fourth-order valence-corrected chi connectivity index (χ4v) is 7.41. The summed E-state index contributed by atoms with van der Waals surface area (Å²) in [6.45, 7) is 5.62. The molecule has 15 nitrogen and oxygen atoms in total. The quantitative estimate of drug-likeness (QED) is 0.0733. The van der Waals surface area contributed by atoms with Crippen LogP contribution in [0.4, 0.5) is 0 Å². The van der Waals surface area contributed by atoms with E-state index in [4.69, 9.17) is 29.4 Å². The van der Waals surface area contributed by atoms with Crippen LogP contribution in [0.15, 0.2) is 78.9 Å². The van der Waals surface area contributed by atoms with Crippen LogP contribution in [-0.4, -0.2) is 128 Å². The highest BCUT2D eigenvalue weighted by atomic mass is 16.7. The van der Waals surface area contributed by atoms with Crippen molar-refractivity contribution in [2.45, 2.75) is 94.9 Å². The van der Waals surface area contributed by atoms with Gasteiger partial charge in [0.05, 0.1) is 45.1 Å². The SMILES string of the molecule is CCn1c(CN)[n+](CC)c2ccc(OCCN(C[C@H](O)[C@@H](O)[C@@H]3OC(c4ccccc4)OC[C@H]3O)C[C@H](O)[C@@H](O)[C@@H]3OC(c4ccccc4)OC[C@H]3O)cc21. The summed E-state index contributed by atoms with van der Waals surface area (Å²) in [5, 5.41) is 66.9. The Kier molecular flexibility index (Phi) is 14.2. The van der Waals surface area contributed by atoms with Gasteiger partial charge in [-0.05, 0) is 26.0 Å². The second kappa shape index (κ2) is 19.1. The van der Waals surface area contributed by atoms with Crippen LogP contribution >= 0.6 is 0 Å². The average molecular weight is 768 g/mol. The van der Waals surface area contributed by atoms with Crippen molar-refractivity contribution in [2.75, 3.05) is 39.5 Å². The van der Waals surface area contributed by atoms with Gasteiger partial charge < -0.3 is 60.1 Å². The predicted molar refractivity (Wildman–Crippen MR) is 199 cm³/mol. The molecule has 55 heavy (non-hydrogen) atoms. The normalized spacial score (nSPS) is 25.5. The first-order chi connectivity index (χ1) is 26.6. The zero-order valence-electron chi connectivity index (χ0n) is 31.3. The van der Waals surface area contributed by atoms with E-state index in [1.807, 2.05) is 54.6 Å². The standard InChI is InChI=1S/C40H55N4O11/c1-3-43-28-16-15-27(19-29(28)44(4-2)34(43)20-41)51-18-17-42(21-30(45)35(49)37-32(47)23-52-39(54-37)25-11-7-5-8-12-25)22-31(46)36(50)38-33(48)24-53-40(55-38)26-13-9-6-10-14-26/h5-16,19,30-33,35-40,45-50H,3-4,17-18,20-24,41H2,1-2H3/q+1/t30-,31-,32+,33+,35+,36+,37+,38+,39?,40?/m0/s1. The van der Waals surface area contributed by atoms with Crippen LogP contribution in [0.25, 0.3) is 11.0 Å². The third kappa shape index (κ3) is 9.53. The number of aliphatic hydroxyl groups excluding tert-OH is 6. The van der Waals surface area contributed by atoms with E-state index in [-0.39, 0.29) is 39.5 Å². The van der Waals surface area contributed by atoms with E-state index in [2.05, 4.69) is 23.0 Å². The van der Waals surface area contributed by atoms with Gasteiger partial charge in [0.25, 0.3) is 5.82 Å². The first-order valence-electron chi connectivity index (χ1n) is 19.0. The summed E-state index contributed by atoms with van der Waals surface area (Å²) < 4.78 is 33.7. The first kappa shape index (κ1) is 41.1. The van der Waals surface area contributed by atoms with Crippen LogP contribution in [0.1, 0.15) is 43.4 Å². The zero-order valence-corrected chi connectivity index (χ0v) is 31.3. The topological polar surface area (TPSA) is 206 Å². The molecule has 2 aliphatic heterocycles. The van der Waals surface area contributed by atoms with E-state index >= 15 is 0 Å². The second-order valence-electron chi connectivity index (χ2n) is 14.0. The molecule has 0 amide bonds. The number of fused-ring (bicyclic) bond motifs is 1. The maximum atomic E-state index is 11.4. The molecule has 3 heterocycles. The number of hydrogen-bond donors (Lipinski definition) is 7. The monoisotopic (exact) mass is 767 g/mol. The molecule has 0 radical (unpaired) electrons. The Balaban J connectivity index is 1.16. The minimum Gasteiger partial charge on any atom is -0.492 e. The number of imidazole rings is 1. The molecule has 1 aromatic heterocycles. The molecule has 4 aromatic rings. The number of aryl methyl sites for hydroxylation is 2. The molecule has 0 spiro atoms. The zero-order chi connectivity index (χ0) is 39.1. The minimum absolute atomic E-state index is 0.112. The van der Waals surface area contributed by atoms with Crippen molar-refractivity contribution in [1.29, 1.82) is 0 Å². The van der Waals surface area contributed by atoms with E-state index in [0.29, 0.717) is 23.4 Å². The largest absolute Gasteiger partial charge is 0.492 e. The van der Waals surface area contributed by atoms with Gasteiger partial charge in [-0.1, -0.05) is 60.7 Å². The number of nitrogens with zero attached hydrogens (tertiary/aromatic N) is 3. The van der Waals surface area contributed by atoms with Gasteiger partial charge in [0.1, 0.15) is 49.0 Å². The van der Waals surface area contributed by atoms with Crippen molar-refractivity contribution < 1.29 is 58.9 Å². The summed E-state index contributed by atoms with van der Waals surface area (Å²) in [7, 11) is 0. The summed E-state index contributed by atoms with van der Waals surface area (Å²) in [5.74, 6) is 1.61. The van der Waals surface area contributed by atoms with Gasteiger partial charge >= 0.3 is 0 Å². The highest BCUT2D eigenvalue weighted by Crippen LogP contribution is 2.31. The number of hydrogen-bond acceptors (Lipinski definition) is 13. The fraction of sp³-hybridized carbons (Fsp3) is 0.525. The number of aliphatic hydroxyl groups is 6. The summed E-state index contributed by atoms with van der Waals surface area (Å²) in [5.41, 5.74) is 9.50. The molecular weight excluding hydrogens is 712 g/mol. The van der Waals surface area contributed by atoms with E-state index in [9.17, 15) is 30.6 Å². The molecular formula is C40H55N4O11+. The molecule has 2 saturated heterocycles. The Morgan fingerprint density at radius 3 is 1.80 bits per heavy atom. The summed E-state index contributed by atoms with van der Waals surface area (Å²) >= 11 is 0. The van der Waals surface area contributed by atoms with Gasteiger partial charge in [0, 0.05) is 36.8 Å². The summed E-state index contributed by atoms with van der Waals surface area (Å²) in [4.78, 5) is 1.63. The van der Waals surface area contributed by atoms with Crippen LogP contribution in [0, 0.1) is 0 Å². The Morgan fingerprint density at radius 1 is 0.800 bits per heavy atom. The lowest BCUT2D eigenvalue weighted by molar-refractivity contribution is -0.676.